The molecule has 0 spiro atoms. The van der Waals surface area contributed by atoms with Gasteiger partial charge in [-0.3, -0.25) is 0 Å². The van der Waals surface area contributed by atoms with Crippen molar-refractivity contribution in [3.8, 4) is 22.3 Å². The first kappa shape index (κ1) is 31.2. The van der Waals surface area contributed by atoms with Crippen LogP contribution in [0.15, 0.2) is 197 Å². The van der Waals surface area contributed by atoms with Crippen LogP contribution in [0, 0.1) is 0 Å². The molecule has 3 aromatic heterocycles. The molecule has 0 saturated carbocycles. The summed E-state index contributed by atoms with van der Waals surface area (Å²) in [4.78, 5) is 2.41. The van der Waals surface area contributed by atoms with Crippen LogP contribution in [0.25, 0.3) is 97.1 Å². The molecule has 262 valence electrons. The molecule has 0 aliphatic rings. The Labute approximate surface area is 325 Å². The lowest BCUT2D eigenvalue weighted by Gasteiger charge is -2.28. The molecule has 3 heterocycles. The highest BCUT2D eigenvalue weighted by Crippen LogP contribution is 2.50. The van der Waals surface area contributed by atoms with E-state index in [9.17, 15) is 0 Å². The molecule has 0 N–H and O–H groups in total. The van der Waals surface area contributed by atoms with Crippen LogP contribution in [0.2, 0.25) is 0 Å². The second kappa shape index (κ2) is 12.2. The number of fused-ring (bicyclic) bond motifs is 10. The Balaban J connectivity index is 1.16. The molecule has 0 fully saturated rings. The second-order valence-corrected chi connectivity index (χ2v) is 15.4. The number of nitrogens with zero attached hydrogens (tertiary/aromatic N) is 1. The third kappa shape index (κ3) is 4.63. The number of para-hydroxylation sites is 2. The van der Waals surface area contributed by atoms with Crippen molar-refractivity contribution in [1.82, 2.24) is 0 Å². The SMILES string of the molecule is c1ccc(-c2ccccc2N(c2ccc3c(c2)oc2c(-c4cccc5ccccc45)c4c(cc23)oc2ccccc24)c2cccc3c2sc2ccccc23)cc1. The topological polar surface area (TPSA) is 29.5 Å². The fourth-order valence-corrected chi connectivity index (χ4v) is 10.00. The summed E-state index contributed by atoms with van der Waals surface area (Å²) in [5, 5.41) is 9.11. The van der Waals surface area contributed by atoms with Gasteiger partial charge in [0.25, 0.3) is 0 Å². The number of hydrogen-bond acceptors (Lipinski definition) is 4. The molecule has 12 rings (SSSR count). The van der Waals surface area contributed by atoms with E-state index in [1.54, 1.807) is 0 Å². The maximum Gasteiger partial charge on any atom is 0.144 e. The maximum atomic E-state index is 7.16. The summed E-state index contributed by atoms with van der Waals surface area (Å²) in [5.74, 6) is 0. The Bertz CT molecular complexity index is 3490. The van der Waals surface area contributed by atoms with Gasteiger partial charge in [-0.15, -0.1) is 11.3 Å². The lowest BCUT2D eigenvalue weighted by atomic mass is 9.93. The summed E-state index contributed by atoms with van der Waals surface area (Å²) in [6.07, 6.45) is 0. The van der Waals surface area contributed by atoms with Gasteiger partial charge in [0.2, 0.25) is 0 Å². The molecule has 0 bridgehead atoms. The molecule has 0 aliphatic carbocycles. The number of thiophene rings is 1. The standard InChI is InChI=1S/C52H31NO2S/c1-2-14-33(15-3-1)36-19-6-9-24-43(36)53(44-25-13-23-40-38-20-8-11-27-48(38)56-52(40)44)34-28-29-37-42-31-47-49(41-21-7-10-26-45(41)54-47)50(51(42)55-46(37)30-34)39-22-12-17-32-16-4-5-18-35(32)39/h1-31H. The van der Waals surface area contributed by atoms with Crippen molar-refractivity contribution in [2.24, 2.45) is 0 Å². The maximum absolute atomic E-state index is 7.16. The number of benzene rings is 9. The van der Waals surface area contributed by atoms with Crippen LogP contribution < -0.4 is 4.90 Å². The molecule has 4 heteroatoms. The average Bonchev–Trinajstić information content (AvgIpc) is 3.95. The van der Waals surface area contributed by atoms with E-state index in [2.05, 4.69) is 181 Å². The monoisotopic (exact) mass is 733 g/mol. The van der Waals surface area contributed by atoms with E-state index in [1.165, 1.54) is 30.9 Å². The fraction of sp³-hybridized carbons (Fsp3) is 0. The van der Waals surface area contributed by atoms with E-state index >= 15 is 0 Å². The summed E-state index contributed by atoms with van der Waals surface area (Å²) < 4.78 is 16.3. The molecule has 0 amide bonds. The van der Waals surface area contributed by atoms with Crippen LogP contribution in [-0.4, -0.2) is 0 Å². The number of furan rings is 2. The summed E-state index contributed by atoms with van der Waals surface area (Å²) in [5.41, 5.74) is 11.1. The van der Waals surface area contributed by atoms with Gasteiger partial charge in [0.1, 0.15) is 22.3 Å². The van der Waals surface area contributed by atoms with E-state index < -0.39 is 0 Å². The first-order chi connectivity index (χ1) is 27.8. The molecule has 56 heavy (non-hydrogen) atoms. The van der Waals surface area contributed by atoms with Crippen LogP contribution in [0.4, 0.5) is 17.1 Å². The van der Waals surface area contributed by atoms with Crippen molar-refractivity contribution >= 4 is 103 Å². The molecule has 12 aromatic rings. The molecular weight excluding hydrogens is 703 g/mol. The lowest BCUT2D eigenvalue weighted by Crippen LogP contribution is -2.11. The molecule has 3 nitrogen and oxygen atoms in total. The van der Waals surface area contributed by atoms with Gasteiger partial charge in [-0.1, -0.05) is 140 Å². The third-order valence-electron chi connectivity index (χ3n) is 11.3. The summed E-state index contributed by atoms with van der Waals surface area (Å²) in [7, 11) is 0. The minimum absolute atomic E-state index is 0.821. The van der Waals surface area contributed by atoms with Gasteiger partial charge in [-0.05, 0) is 64.4 Å². The minimum atomic E-state index is 0.821. The van der Waals surface area contributed by atoms with Crippen LogP contribution >= 0.6 is 11.3 Å². The Morgan fingerprint density at radius 1 is 0.411 bits per heavy atom. The molecule has 0 saturated heterocycles. The van der Waals surface area contributed by atoms with Gasteiger partial charge >= 0.3 is 0 Å². The molecule has 0 atom stereocenters. The summed E-state index contributed by atoms with van der Waals surface area (Å²) in [6, 6.07) is 67.0. The molecule has 0 unspecified atom stereocenters. The number of anilines is 3. The Hall–Kier alpha value is -7.14. The van der Waals surface area contributed by atoms with Gasteiger partial charge in [0.15, 0.2) is 0 Å². The van der Waals surface area contributed by atoms with Crippen LogP contribution in [0.5, 0.6) is 0 Å². The van der Waals surface area contributed by atoms with Gasteiger partial charge < -0.3 is 13.7 Å². The van der Waals surface area contributed by atoms with Gasteiger partial charge in [-0.2, -0.15) is 0 Å². The highest BCUT2D eigenvalue weighted by Gasteiger charge is 2.25. The highest BCUT2D eigenvalue weighted by molar-refractivity contribution is 7.26. The first-order valence-electron chi connectivity index (χ1n) is 18.9. The number of rotatable bonds is 5. The van der Waals surface area contributed by atoms with Gasteiger partial charge in [0, 0.05) is 59.9 Å². The van der Waals surface area contributed by atoms with Crippen molar-refractivity contribution in [2.75, 3.05) is 4.90 Å². The van der Waals surface area contributed by atoms with Crippen molar-refractivity contribution in [3.05, 3.63) is 188 Å². The minimum Gasteiger partial charge on any atom is -0.456 e. The van der Waals surface area contributed by atoms with Gasteiger partial charge in [0.05, 0.1) is 16.1 Å². The van der Waals surface area contributed by atoms with E-state index in [4.69, 9.17) is 8.83 Å². The Kier molecular flexibility index (Phi) is 6.80. The second-order valence-electron chi connectivity index (χ2n) is 14.4. The zero-order valence-corrected chi connectivity index (χ0v) is 30.9. The first-order valence-corrected chi connectivity index (χ1v) is 19.7. The normalized spacial score (nSPS) is 11.9. The summed E-state index contributed by atoms with van der Waals surface area (Å²) in [6.45, 7) is 0. The zero-order valence-electron chi connectivity index (χ0n) is 30.1. The quantitative estimate of drug-likeness (QED) is 0.176. The Morgan fingerprint density at radius 3 is 2.04 bits per heavy atom. The van der Waals surface area contributed by atoms with Crippen LogP contribution in [0.3, 0.4) is 0 Å². The predicted octanol–water partition coefficient (Wildman–Crippen LogP) is 15.8. The molecule has 9 aromatic carbocycles. The smallest absolute Gasteiger partial charge is 0.144 e. The van der Waals surface area contributed by atoms with Crippen LogP contribution in [-0.2, 0) is 0 Å². The van der Waals surface area contributed by atoms with Crippen molar-refractivity contribution in [3.63, 3.8) is 0 Å². The molecular formula is C52H31NO2S. The van der Waals surface area contributed by atoms with E-state index in [-0.39, 0.29) is 0 Å². The van der Waals surface area contributed by atoms with Gasteiger partial charge in [-0.25, -0.2) is 0 Å². The van der Waals surface area contributed by atoms with E-state index in [0.29, 0.717) is 0 Å². The predicted molar refractivity (Wildman–Crippen MR) is 237 cm³/mol. The van der Waals surface area contributed by atoms with Crippen molar-refractivity contribution in [2.45, 2.75) is 0 Å². The largest absolute Gasteiger partial charge is 0.456 e. The van der Waals surface area contributed by atoms with Crippen molar-refractivity contribution < 1.29 is 8.83 Å². The molecule has 0 aliphatic heterocycles. The average molecular weight is 734 g/mol. The fourth-order valence-electron chi connectivity index (χ4n) is 8.79. The van der Waals surface area contributed by atoms with Crippen molar-refractivity contribution in [1.29, 1.82) is 0 Å². The molecule has 0 radical (unpaired) electrons. The lowest BCUT2D eigenvalue weighted by molar-refractivity contribution is 0.664. The zero-order chi connectivity index (χ0) is 36.7. The third-order valence-corrected chi connectivity index (χ3v) is 12.5. The number of hydrogen-bond donors (Lipinski definition) is 0. The van der Waals surface area contributed by atoms with Crippen LogP contribution in [0.1, 0.15) is 0 Å². The highest BCUT2D eigenvalue weighted by atomic mass is 32.1. The van der Waals surface area contributed by atoms with E-state index in [1.807, 2.05) is 23.5 Å². The Morgan fingerprint density at radius 2 is 1.11 bits per heavy atom. The van der Waals surface area contributed by atoms with E-state index in [0.717, 1.165) is 83.2 Å². The summed E-state index contributed by atoms with van der Waals surface area (Å²) >= 11 is 1.84.